The molecule has 0 unspecified atom stereocenters. The zero-order valence-electron chi connectivity index (χ0n) is 19.5. The third-order valence-corrected chi connectivity index (χ3v) is 7.08. The molecular weight excluding hydrogens is 429 g/mol. The molecule has 33 heavy (non-hydrogen) atoms. The number of carbonyl (C=O) groups excluding carboxylic acids is 1. The van der Waals surface area contributed by atoms with Crippen LogP contribution >= 0.6 is 0 Å². The maximum absolute atomic E-state index is 13.2. The Balaban J connectivity index is 1.37. The molecule has 1 amide bonds. The average Bonchev–Trinajstić information content (AvgIpc) is 2.79. The molecule has 1 aromatic rings. The van der Waals surface area contributed by atoms with Crippen LogP contribution in [0.3, 0.4) is 0 Å². The molecule has 5 nitrogen and oxygen atoms in total. The second-order valence-electron chi connectivity index (χ2n) is 9.36. The Kier molecular flexibility index (Phi) is 9.02. The van der Waals surface area contributed by atoms with Crippen LogP contribution in [0.1, 0.15) is 62.5 Å². The number of alkyl halides is 3. The molecule has 1 aliphatic carbocycles. The highest BCUT2D eigenvalue weighted by atomic mass is 19.4. The van der Waals surface area contributed by atoms with Gasteiger partial charge in [0.15, 0.2) is 0 Å². The first-order valence-corrected chi connectivity index (χ1v) is 12.1. The number of piperazine rings is 1. The number of benzene rings is 1. The topological polar surface area (TPSA) is 59.4 Å². The lowest BCUT2D eigenvalue weighted by molar-refractivity contribution is -0.138. The highest BCUT2D eigenvalue weighted by Gasteiger charge is 2.34. The molecule has 0 atom stereocenters. The molecule has 0 aromatic heterocycles. The summed E-state index contributed by atoms with van der Waals surface area (Å²) in [6, 6.07) is 6.78. The van der Waals surface area contributed by atoms with Crippen molar-refractivity contribution >= 4 is 11.6 Å². The summed E-state index contributed by atoms with van der Waals surface area (Å²) in [6.07, 6.45) is 2.55. The van der Waals surface area contributed by atoms with Crippen molar-refractivity contribution in [1.82, 2.24) is 10.2 Å². The predicted octanol–water partition coefficient (Wildman–Crippen LogP) is 4.89. The summed E-state index contributed by atoms with van der Waals surface area (Å²) in [5.74, 6) is 0.725. The number of nitrogens with one attached hydrogen (secondary N) is 1. The van der Waals surface area contributed by atoms with Gasteiger partial charge in [-0.1, -0.05) is 6.07 Å². The molecule has 182 valence electrons. The summed E-state index contributed by atoms with van der Waals surface area (Å²) in [5, 5.41) is 11.7. The third-order valence-electron chi connectivity index (χ3n) is 7.08. The van der Waals surface area contributed by atoms with E-state index in [0.717, 1.165) is 70.9 Å². The van der Waals surface area contributed by atoms with Gasteiger partial charge in [0.05, 0.1) is 11.6 Å². The van der Waals surface area contributed by atoms with Crippen LogP contribution in [-0.4, -0.2) is 49.6 Å². The lowest BCUT2D eigenvalue weighted by Gasteiger charge is -2.38. The van der Waals surface area contributed by atoms with Crippen molar-refractivity contribution < 1.29 is 18.0 Å². The van der Waals surface area contributed by atoms with Crippen LogP contribution in [0.4, 0.5) is 18.9 Å². The molecule has 2 fully saturated rings. The standard InChI is InChI=1S/C25H35F3N4O/c1-19-22(25(26,27)28)5-4-6-23(19)32-17-15-31(16-18-32)14-12-20-8-10-21(11-9-20)30-24(33)7-2-3-13-29/h4-6,20-21H,2-3,7-12,14-18H2,1H3,(H,30,33)/t20-,21-. The van der Waals surface area contributed by atoms with E-state index in [4.69, 9.17) is 5.26 Å². The van der Waals surface area contributed by atoms with Gasteiger partial charge in [0, 0.05) is 50.7 Å². The summed E-state index contributed by atoms with van der Waals surface area (Å²) in [6.45, 7) is 5.80. The zero-order valence-corrected chi connectivity index (χ0v) is 19.5. The van der Waals surface area contributed by atoms with Crippen molar-refractivity contribution in [1.29, 1.82) is 5.26 Å². The van der Waals surface area contributed by atoms with E-state index in [1.54, 1.807) is 13.0 Å². The number of rotatable bonds is 8. The Morgan fingerprint density at radius 2 is 1.85 bits per heavy atom. The quantitative estimate of drug-likeness (QED) is 0.557. The minimum absolute atomic E-state index is 0.0579. The lowest BCUT2D eigenvalue weighted by atomic mass is 9.84. The Hall–Kier alpha value is -2.27. The van der Waals surface area contributed by atoms with Crippen LogP contribution in [0.2, 0.25) is 0 Å². The molecule has 2 aliphatic rings. The van der Waals surface area contributed by atoms with Gasteiger partial charge >= 0.3 is 6.18 Å². The maximum Gasteiger partial charge on any atom is 0.416 e. The minimum Gasteiger partial charge on any atom is -0.369 e. The molecule has 1 N–H and O–H groups in total. The van der Waals surface area contributed by atoms with E-state index in [-0.39, 0.29) is 11.9 Å². The maximum atomic E-state index is 13.2. The van der Waals surface area contributed by atoms with Gasteiger partial charge < -0.3 is 10.2 Å². The van der Waals surface area contributed by atoms with Crippen molar-refractivity contribution in [3.05, 3.63) is 29.3 Å². The molecular formula is C25H35F3N4O. The van der Waals surface area contributed by atoms with Crippen LogP contribution in [0.15, 0.2) is 18.2 Å². The molecule has 1 heterocycles. The normalized spacial score (nSPS) is 22.1. The summed E-state index contributed by atoms with van der Waals surface area (Å²) < 4.78 is 39.7. The molecule has 0 bridgehead atoms. The molecule has 0 spiro atoms. The number of nitriles is 1. The number of hydrogen-bond donors (Lipinski definition) is 1. The molecule has 1 aliphatic heterocycles. The van der Waals surface area contributed by atoms with Crippen molar-refractivity contribution in [3.8, 4) is 6.07 Å². The van der Waals surface area contributed by atoms with E-state index in [2.05, 4.69) is 21.2 Å². The van der Waals surface area contributed by atoms with Gasteiger partial charge in [-0.3, -0.25) is 9.69 Å². The molecule has 1 aromatic carbocycles. The summed E-state index contributed by atoms with van der Waals surface area (Å²) in [7, 11) is 0. The first kappa shape index (κ1) is 25.4. The number of amides is 1. The third kappa shape index (κ3) is 7.36. The number of unbranched alkanes of at least 4 members (excludes halogenated alkanes) is 1. The van der Waals surface area contributed by atoms with E-state index in [1.165, 1.54) is 6.07 Å². The van der Waals surface area contributed by atoms with E-state index in [9.17, 15) is 18.0 Å². The molecule has 1 saturated carbocycles. The summed E-state index contributed by atoms with van der Waals surface area (Å²) in [4.78, 5) is 16.4. The van der Waals surface area contributed by atoms with E-state index >= 15 is 0 Å². The van der Waals surface area contributed by atoms with E-state index in [1.807, 2.05) is 0 Å². The highest BCUT2D eigenvalue weighted by Crippen LogP contribution is 2.36. The Labute approximate surface area is 194 Å². The van der Waals surface area contributed by atoms with Gasteiger partial charge in [-0.05, 0) is 75.6 Å². The van der Waals surface area contributed by atoms with Crippen molar-refractivity contribution in [2.45, 2.75) is 70.5 Å². The van der Waals surface area contributed by atoms with Crippen molar-refractivity contribution in [2.24, 2.45) is 5.92 Å². The van der Waals surface area contributed by atoms with Gasteiger partial charge in [0.2, 0.25) is 5.91 Å². The van der Waals surface area contributed by atoms with Gasteiger partial charge in [-0.2, -0.15) is 18.4 Å². The second kappa shape index (κ2) is 11.7. The largest absolute Gasteiger partial charge is 0.416 e. The van der Waals surface area contributed by atoms with Gasteiger partial charge in [0.1, 0.15) is 0 Å². The summed E-state index contributed by atoms with van der Waals surface area (Å²) >= 11 is 0. The van der Waals surface area contributed by atoms with Crippen LogP contribution in [0, 0.1) is 24.2 Å². The van der Waals surface area contributed by atoms with Gasteiger partial charge in [-0.15, -0.1) is 0 Å². The number of halogens is 3. The minimum atomic E-state index is -4.32. The summed E-state index contributed by atoms with van der Waals surface area (Å²) in [5.41, 5.74) is 0.459. The monoisotopic (exact) mass is 464 g/mol. The molecule has 1 saturated heterocycles. The number of anilines is 1. The smallest absolute Gasteiger partial charge is 0.369 e. The molecule has 0 radical (unpaired) electrons. The van der Waals surface area contributed by atoms with Crippen molar-refractivity contribution in [3.63, 3.8) is 0 Å². The van der Waals surface area contributed by atoms with Crippen molar-refractivity contribution in [2.75, 3.05) is 37.6 Å². The zero-order chi connectivity index (χ0) is 23.8. The van der Waals surface area contributed by atoms with Crippen LogP contribution in [-0.2, 0) is 11.0 Å². The first-order chi connectivity index (χ1) is 15.8. The van der Waals surface area contributed by atoms with Gasteiger partial charge in [-0.25, -0.2) is 0 Å². The first-order valence-electron chi connectivity index (χ1n) is 12.1. The van der Waals surface area contributed by atoms with E-state index in [0.29, 0.717) is 36.4 Å². The fourth-order valence-corrected chi connectivity index (χ4v) is 5.07. The average molecular weight is 465 g/mol. The fraction of sp³-hybridized carbons (Fsp3) is 0.680. The van der Waals surface area contributed by atoms with Gasteiger partial charge in [0.25, 0.3) is 0 Å². The Bertz CT molecular complexity index is 820. The predicted molar refractivity (Wildman–Crippen MR) is 123 cm³/mol. The number of nitrogens with zero attached hydrogens (tertiary/aromatic N) is 3. The number of hydrogen-bond acceptors (Lipinski definition) is 4. The Morgan fingerprint density at radius 3 is 2.48 bits per heavy atom. The lowest BCUT2D eigenvalue weighted by Crippen LogP contribution is -2.47. The Morgan fingerprint density at radius 1 is 1.15 bits per heavy atom. The van der Waals surface area contributed by atoms with Crippen LogP contribution < -0.4 is 10.2 Å². The highest BCUT2D eigenvalue weighted by molar-refractivity contribution is 5.76. The second-order valence-corrected chi connectivity index (χ2v) is 9.36. The number of carbonyl (C=O) groups is 1. The SMILES string of the molecule is Cc1c(N2CCN(CC[C@H]3CC[C@H](NC(=O)CCCC#N)CC3)CC2)cccc1C(F)(F)F. The van der Waals surface area contributed by atoms with Crippen LogP contribution in [0.5, 0.6) is 0 Å². The van der Waals surface area contributed by atoms with Crippen LogP contribution in [0.25, 0.3) is 0 Å². The fourth-order valence-electron chi connectivity index (χ4n) is 5.07. The molecule has 8 heteroatoms. The van der Waals surface area contributed by atoms with E-state index < -0.39 is 11.7 Å². The molecule has 3 rings (SSSR count).